The van der Waals surface area contributed by atoms with Crippen molar-refractivity contribution in [1.82, 2.24) is 5.32 Å². The van der Waals surface area contributed by atoms with Crippen LogP contribution in [-0.4, -0.2) is 18.5 Å². The second kappa shape index (κ2) is 5.72. The molecule has 0 bridgehead atoms. The lowest BCUT2D eigenvalue weighted by molar-refractivity contribution is -0.119. The Kier molecular flexibility index (Phi) is 4.25. The SMILES string of the molecule is Cc1ccc(Cl)c(NC(=O)C2CC(C)CCN2)c1. The van der Waals surface area contributed by atoms with Gasteiger partial charge < -0.3 is 10.6 Å². The summed E-state index contributed by atoms with van der Waals surface area (Å²) in [5.41, 5.74) is 1.78. The van der Waals surface area contributed by atoms with Crippen LogP contribution in [0.5, 0.6) is 0 Å². The van der Waals surface area contributed by atoms with Crippen molar-refractivity contribution in [3.05, 3.63) is 28.8 Å². The van der Waals surface area contributed by atoms with Crippen molar-refractivity contribution in [1.29, 1.82) is 0 Å². The molecule has 1 aliphatic heterocycles. The summed E-state index contributed by atoms with van der Waals surface area (Å²) in [6, 6.07) is 5.53. The zero-order chi connectivity index (χ0) is 13.1. The summed E-state index contributed by atoms with van der Waals surface area (Å²) in [6.07, 6.45) is 2.02. The molecule has 2 atom stereocenters. The van der Waals surface area contributed by atoms with Crippen LogP contribution < -0.4 is 10.6 Å². The van der Waals surface area contributed by atoms with Crippen LogP contribution in [0.4, 0.5) is 5.69 Å². The topological polar surface area (TPSA) is 41.1 Å². The fourth-order valence-electron chi connectivity index (χ4n) is 2.26. The Balaban J connectivity index is 2.04. The number of rotatable bonds is 2. The summed E-state index contributed by atoms with van der Waals surface area (Å²) in [6.45, 7) is 5.06. The summed E-state index contributed by atoms with van der Waals surface area (Å²) < 4.78 is 0. The highest BCUT2D eigenvalue weighted by atomic mass is 35.5. The van der Waals surface area contributed by atoms with E-state index in [2.05, 4.69) is 17.6 Å². The molecule has 0 radical (unpaired) electrons. The molecule has 4 heteroatoms. The van der Waals surface area contributed by atoms with Gasteiger partial charge in [0.15, 0.2) is 0 Å². The number of piperidine rings is 1. The van der Waals surface area contributed by atoms with Crippen LogP contribution in [0, 0.1) is 12.8 Å². The summed E-state index contributed by atoms with van der Waals surface area (Å²) in [5, 5.41) is 6.74. The monoisotopic (exact) mass is 266 g/mol. The molecule has 0 aromatic heterocycles. The highest BCUT2D eigenvalue weighted by Gasteiger charge is 2.24. The summed E-state index contributed by atoms with van der Waals surface area (Å²) in [7, 11) is 0. The second-order valence-corrected chi connectivity index (χ2v) is 5.52. The van der Waals surface area contributed by atoms with Crippen molar-refractivity contribution in [3.63, 3.8) is 0 Å². The Morgan fingerprint density at radius 1 is 1.50 bits per heavy atom. The number of amides is 1. The standard InChI is InChI=1S/C14H19ClN2O/c1-9-3-4-11(15)12(7-9)17-14(18)13-8-10(2)5-6-16-13/h3-4,7,10,13,16H,5-6,8H2,1-2H3,(H,17,18). The van der Waals surface area contributed by atoms with Crippen molar-refractivity contribution in [2.75, 3.05) is 11.9 Å². The molecule has 3 nitrogen and oxygen atoms in total. The van der Waals surface area contributed by atoms with Gasteiger partial charge in [0.25, 0.3) is 0 Å². The third kappa shape index (κ3) is 3.24. The fourth-order valence-corrected chi connectivity index (χ4v) is 2.43. The van der Waals surface area contributed by atoms with Gasteiger partial charge in [0.1, 0.15) is 0 Å². The molecule has 1 heterocycles. The molecule has 2 N–H and O–H groups in total. The zero-order valence-electron chi connectivity index (χ0n) is 10.8. The van der Waals surface area contributed by atoms with Gasteiger partial charge in [0.05, 0.1) is 16.8 Å². The molecular formula is C14H19ClN2O. The van der Waals surface area contributed by atoms with E-state index in [0.717, 1.165) is 24.9 Å². The smallest absolute Gasteiger partial charge is 0.241 e. The van der Waals surface area contributed by atoms with E-state index in [1.54, 1.807) is 0 Å². The molecule has 98 valence electrons. The van der Waals surface area contributed by atoms with Crippen LogP contribution in [-0.2, 0) is 4.79 Å². The number of halogens is 1. The van der Waals surface area contributed by atoms with Crippen molar-refractivity contribution >= 4 is 23.2 Å². The fraction of sp³-hybridized carbons (Fsp3) is 0.500. The molecule has 0 aliphatic carbocycles. The normalized spacial score (nSPS) is 23.7. The quantitative estimate of drug-likeness (QED) is 0.864. The number of hydrogen-bond donors (Lipinski definition) is 2. The minimum atomic E-state index is -0.106. The van der Waals surface area contributed by atoms with Crippen molar-refractivity contribution < 1.29 is 4.79 Å². The van der Waals surface area contributed by atoms with E-state index < -0.39 is 0 Å². The Morgan fingerprint density at radius 2 is 2.28 bits per heavy atom. The number of benzene rings is 1. The molecule has 2 unspecified atom stereocenters. The molecule has 0 saturated carbocycles. The van der Waals surface area contributed by atoms with Gasteiger partial charge in [0.2, 0.25) is 5.91 Å². The van der Waals surface area contributed by atoms with Crippen LogP contribution in [0.25, 0.3) is 0 Å². The summed E-state index contributed by atoms with van der Waals surface area (Å²) in [4.78, 5) is 12.1. The van der Waals surface area contributed by atoms with Crippen LogP contribution in [0.2, 0.25) is 5.02 Å². The number of aryl methyl sites for hydroxylation is 1. The van der Waals surface area contributed by atoms with Gasteiger partial charge in [0, 0.05) is 0 Å². The molecule has 1 amide bonds. The highest BCUT2D eigenvalue weighted by Crippen LogP contribution is 2.24. The Morgan fingerprint density at radius 3 is 3.00 bits per heavy atom. The summed E-state index contributed by atoms with van der Waals surface area (Å²) in [5.74, 6) is 0.601. The van der Waals surface area contributed by atoms with E-state index in [-0.39, 0.29) is 11.9 Å². The Hall–Kier alpha value is -1.06. The lowest BCUT2D eigenvalue weighted by Crippen LogP contribution is -2.45. The maximum atomic E-state index is 12.1. The zero-order valence-corrected chi connectivity index (χ0v) is 11.6. The highest BCUT2D eigenvalue weighted by molar-refractivity contribution is 6.33. The first-order valence-electron chi connectivity index (χ1n) is 6.36. The first-order valence-corrected chi connectivity index (χ1v) is 6.74. The maximum absolute atomic E-state index is 12.1. The van der Waals surface area contributed by atoms with Gasteiger partial charge in [-0.05, 0) is 49.9 Å². The second-order valence-electron chi connectivity index (χ2n) is 5.11. The average Bonchev–Trinajstić information content (AvgIpc) is 2.34. The molecule has 1 fully saturated rings. The molecule has 1 saturated heterocycles. The maximum Gasteiger partial charge on any atom is 0.241 e. The first kappa shape index (κ1) is 13.4. The van der Waals surface area contributed by atoms with Gasteiger partial charge in [-0.2, -0.15) is 0 Å². The molecule has 0 spiro atoms. The number of hydrogen-bond acceptors (Lipinski definition) is 2. The number of nitrogens with one attached hydrogen (secondary N) is 2. The molecule has 1 aromatic carbocycles. The van der Waals surface area contributed by atoms with Crippen LogP contribution in [0.3, 0.4) is 0 Å². The number of carbonyl (C=O) groups is 1. The van der Waals surface area contributed by atoms with E-state index in [1.165, 1.54) is 0 Å². The lowest BCUT2D eigenvalue weighted by Gasteiger charge is -2.27. The minimum absolute atomic E-state index is 0.00838. The van der Waals surface area contributed by atoms with E-state index >= 15 is 0 Å². The Bertz CT molecular complexity index is 447. The van der Waals surface area contributed by atoms with Crippen molar-refractivity contribution in [2.24, 2.45) is 5.92 Å². The third-order valence-corrected chi connectivity index (χ3v) is 3.69. The Labute approximate surface area is 113 Å². The molecule has 2 rings (SSSR count). The van der Waals surface area contributed by atoms with Gasteiger partial charge in [-0.15, -0.1) is 0 Å². The summed E-state index contributed by atoms with van der Waals surface area (Å²) >= 11 is 6.07. The van der Waals surface area contributed by atoms with Crippen molar-refractivity contribution in [2.45, 2.75) is 32.7 Å². The number of anilines is 1. The van der Waals surface area contributed by atoms with E-state index in [4.69, 9.17) is 11.6 Å². The lowest BCUT2D eigenvalue weighted by atomic mass is 9.94. The number of carbonyl (C=O) groups excluding carboxylic acids is 1. The average molecular weight is 267 g/mol. The van der Waals surface area contributed by atoms with Crippen LogP contribution in [0.15, 0.2) is 18.2 Å². The van der Waals surface area contributed by atoms with Gasteiger partial charge in [-0.1, -0.05) is 24.6 Å². The van der Waals surface area contributed by atoms with Crippen LogP contribution >= 0.6 is 11.6 Å². The van der Waals surface area contributed by atoms with Crippen molar-refractivity contribution in [3.8, 4) is 0 Å². The van der Waals surface area contributed by atoms with Crippen LogP contribution in [0.1, 0.15) is 25.3 Å². The molecule has 18 heavy (non-hydrogen) atoms. The largest absolute Gasteiger partial charge is 0.323 e. The third-order valence-electron chi connectivity index (χ3n) is 3.36. The molecule has 1 aromatic rings. The molecule has 1 aliphatic rings. The van der Waals surface area contributed by atoms with Gasteiger partial charge in [-0.3, -0.25) is 4.79 Å². The minimum Gasteiger partial charge on any atom is -0.323 e. The molecular weight excluding hydrogens is 248 g/mol. The van der Waals surface area contributed by atoms with Gasteiger partial charge >= 0.3 is 0 Å². The predicted octanol–water partition coefficient (Wildman–Crippen LogP) is 2.98. The van der Waals surface area contributed by atoms with E-state index in [9.17, 15) is 4.79 Å². The van der Waals surface area contributed by atoms with E-state index in [1.807, 2.05) is 25.1 Å². The predicted molar refractivity (Wildman–Crippen MR) is 75.0 cm³/mol. The van der Waals surface area contributed by atoms with E-state index in [0.29, 0.717) is 16.6 Å². The first-order chi connectivity index (χ1) is 8.56. The van der Waals surface area contributed by atoms with Gasteiger partial charge in [-0.25, -0.2) is 0 Å².